The monoisotopic (exact) mass is 412 g/mol. The second-order valence-electron chi connectivity index (χ2n) is 7.05. The minimum atomic E-state index is -1.11. The minimum absolute atomic E-state index is 0.398. The Balaban J connectivity index is 1.51. The van der Waals surface area contributed by atoms with Crippen LogP contribution in [0.4, 0.5) is 0 Å². The average molecular weight is 412 g/mol. The maximum absolute atomic E-state index is 13.1. The van der Waals surface area contributed by atoms with Gasteiger partial charge in [0.25, 0.3) is 11.8 Å². The van der Waals surface area contributed by atoms with E-state index in [1.807, 2.05) is 54.6 Å². The van der Waals surface area contributed by atoms with Crippen molar-refractivity contribution in [1.29, 1.82) is 0 Å². The van der Waals surface area contributed by atoms with Gasteiger partial charge < -0.3 is 4.74 Å². The molecule has 0 unspecified atom stereocenters. The maximum atomic E-state index is 13.1. The zero-order valence-corrected chi connectivity index (χ0v) is 16.8. The molecule has 4 rings (SSSR count). The van der Waals surface area contributed by atoms with Crippen molar-refractivity contribution in [3.8, 4) is 0 Å². The Labute approximate surface area is 178 Å². The Hall–Kier alpha value is -4.19. The van der Waals surface area contributed by atoms with Crippen LogP contribution in [-0.2, 0) is 9.53 Å². The molecule has 0 radical (unpaired) electrons. The molecule has 0 aliphatic carbocycles. The summed E-state index contributed by atoms with van der Waals surface area (Å²) in [6.07, 6.45) is -1.11. The van der Waals surface area contributed by atoms with E-state index >= 15 is 0 Å². The summed E-state index contributed by atoms with van der Waals surface area (Å²) in [5, 5.41) is 3.30. The molecule has 0 bridgehead atoms. The lowest BCUT2D eigenvalue weighted by molar-refractivity contribution is -0.129. The van der Waals surface area contributed by atoms with E-state index in [0.717, 1.165) is 21.5 Å². The fourth-order valence-electron chi connectivity index (χ4n) is 3.39. The van der Waals surface area contributed by atoms with Crippen LogP contribution in [0.1, 0.15) is 27.6 Å². The number of hydrogen-bond donors (Lipinski definition) is 2. The molecule has 2 amide bonds. The molecule has 0 aliphatic heterocycles. The normalized spacial score (nSPS) is 11.6. The van der Waals surface area contributed by atoms with Crippen molar-refractivity contribution in [1.82, 2.24) is 10.9 Å². The third-order valence-electron chi connectivity index (χ3n) is 4.96. The largest absolute Gasteiger partial charge is 0.449 e. The quantitative estimate of drug-likeness (QED) is 0.301. The van der Waals surface area contributed by atoms with Gasteiger partial charge in [-0.05, 0) is 46.7 Å². The first kappa shape index (κ1) is 20.1. The maximum Gasteiger partial charge on any atom is 0.340 e. The molecule has 0 saturated heterocycles. The van der Waals surface area contributed by atoms with Gasteiger partial charge in [-0.2, -0.15) is 0 Å². The van der Waals surface area contributed by atoms with Crippen molar-refractivity contribution in [3.05, 3.63) is 96.1 Å². The van der Waals surface area contributed by atoms with Gasteiger partial charge in [-0.3, -0.25) is 20.4 Å². The van der Waals surface area contributed by atoms with E-state index in [0.29, 0.717) is 11.1 Å². The number of benzene rings is 4. The Morgan fingerprint density at radius 1 is 0.742 bits per heavy atom. The lowest BCUT2D eigenvalue weighted by atomic mass is 9.97. The number of amides is 2. The second-order valence-corrected chi connectivity index (χ2v) is 7.05. The molecule has 0 spiro atoms. The Morgan fingerprint density at radius 3 is 1.90 bits per heavy atom. The van der Waals surface area contributed by atoms with E-state index in [9.17, 15) is 14.4 Å². The smallest absolute Gasteiger partial charge is 0.340 e. The first-order valence-electron chi connectivity index (χ1n) is 9.81. The van der Waals surface area contributed by atoms with Crippen molar-refractivity contribution in [2.24, 2.45) is 0 Å². The molecule has 0 heterocycles. The van der Waals surface area contributed by atoms with Gasteiger partial charge in [0.2, 0.25) is 0 Å². The van der Waals surface area contributed by atoms with Crippen LogP contribution in [0.3, 0.4) is 0 Å². The molecule has 1 atom stereocenters. The molecule has 0 saturated carbocycles. The summed E-state index contributed by atoms with van der Waals surface area (Å²) in [4.78, 5) is 37.5. The van der Waals surface area contributed by atoms with Gasteiger partial charge in [0.15, 0.2) is 6.10 Å². The Morgan fingerprint density at radius 2 is 1.29 bits per heavy atom. The molecule has 0 aliphatic rings. The van der Waals surface area contributed by atoms with Gasteiger partial charge in [-0.1, -0.05) is 66.7 Å². The highest BCUT2D eigenvalue weighted by Gasteiger charge is 2.22. The lowest BCUT2D eigenvalue weighted by Gasteiger charge is -2.16. The van der Waals surface area contributed by atoms with Crippen molar-refractivity contribution in [3.63, 3.8) is 0 Å². The third-order valence-corrected chi connectivity index (χ3v) is 4.96. The molecule has 0 fully saturated rings. The van der Waals surface area contributed by atoms with E-state index in [1.54, 1.807) is 30.3 Å². The predicted octanol–water partition coefficient (Wildman–Crippen LogP) is 4.00. The van der Waals surface area contributed by atoms with E-state index in [2.05, 4.69) is 10.9 Å². The zero-order valence-electron chi connectivity index (χ0n) is 16.8. The summed E-state index contributed by atoms with van der Waals surface area (Å²) in [6, 6.07) is 25.5. The molecule has 2 N–H and O–H groups in total. The second kappa shape index (κ2) is 8.67. The summed E-state index contributed by atoms with van der Waals surface area (Å²) in [5.74, 6) is -1.71. The number of nitrogens with one attached hydrogen (secondary N) is 2. The van der Waals surface area contributed by atoms with E-state index in [-0.39, 0.29) is 0 Å². The van der Waals surface area contributed by atoms with Crippen LogP contribution in [0.25, 0.3) is 21.5 Å². The first-order valence-corrected chi connectivity index (χ1v) is 9.81. The van der Waals surface area contributed by atoms with Gasteiger partial charge in [0.05, 0.1) is 5.56 Å². The van der Waals surface area contributed by atoms with E-state index in [4.69, 9.17) is 4.74 Å². The average Bonchev–Trinajstić information content (AvgIpc) is 2.81. The highest BCUT2D eigenvalue weighted by molar-refractivity contribution is 6.16. The minimum Gasteiger partial charge on any atom is -0.449 e. The van der Waals surface area contributed by atoms with Crippen LogP contribution in [0.2, 0.25) is 0 Å². The first-order chi connectivity index (χ1) is 15.0. The number of carbonyl (C=O) groups excluding carboxylic acids is 3. The molecule has 4 aromatic carbocycles. The van der Waals surface area contributed by atoms with Crippen molar-refractivity contribution in [2.45, 2.75) is 13.0 Å². The molecular weight excluding hydrogens is 392 g/mol. The number of rotatable bonds is 4. The van der Waals surface area contributed by atoms with Crippen molar-refractivity contribution < 1.29 is 19.1 Å². The van der Waals surface area contributed by atoms with Crippen molar-refractivity contribution >= 4 is 39.3 Å². The molecule has 31 heavy (non-hydrogen) atoms. The number of fused-ring (bicyclic) bond motifs is 2. The predicted molar refractivity (Wildman–Crippen MR) is 118 cm³/mol. The fourth-order valence-corrected chi connectivity index (χ4v) is 3.39. The van der Waals surface area contributed by atoms with Gasteiger partial charge in [-0.25, -0.2) is 4.79 Å². The molecular formula is C25H20N2O4. The summed E-state index contributed by atoms with van der Waals surface area (Å²) >= 11 is 0. The Bertz CT molecular complexity index is 1230. The number of hydrazine groups is 1. The number of hydrogen-bond acceptors (Lipinski definition) is 4. The molecule has 6 heteroatoms. The number of ether oxygens (including phenoxy) is 1. The summed E-state index contributed by atoms with van der Waals surface area (Å²) in [5.41, 5.74) is 5.42. The number of esters is 1. The molecule has 6 nitrogen and oxygen atoms in total. The zero-order chi connectivity index (χ0) is 21.8. The number of carbonyl (C=O) groups is 3. The molecule has 154 valence electrons. The van der Waals surface area contributed by atoms with Gasteiger partial charge in [-0.15, -0.1) is 0 Å². The van der Waals surface area contributed by atoms with Crippen LogP contribution in [-0.4, -0.2) is 23.9 Å². The SMILES string of the molecule is C[C@@H](OC(=O)c1c2ccccc2cc2ccccc12)C(=O)NNC(=O)c1ccccc1. The lowest BCUT2D eigenvalue weighted by Crippen LogP contribution is -2.46. The van der Waals surface area contributed by atoms with Gasteiger partial charge >= 0.3 is 5.97 Å². The summed E-state index contributed by atoms with van der Waals surface area (Å²) < 4.78 is 5.45. The van der Waals surface area contributed by atoms with Crippen molar-refractivity contribution in [2.75, 3.05) is 0 Å². The third kappa shape index (κ3) is 4.23. The van der Waals surface area contributed by atoms with Crippen LogP contribution in [0, 0.1) is 0 Å². The van der Waals surface area contributed by atoms with Gasteiger partial charge in [0.1, 0.15) is 0 Å². The standard InChI is InChI=1S/C25H20N2O4/c1-16(23(28)26-27-24(29)17-9-3-2-4-10-17)31-25(30)22-20-13-7-5-11-18(20)15-19-12-6-8-14-21(19)22/h2-16H,1H3,(H,26,28)(H,27,29)/t16-/m1/s1. The van der Waals surface area contributed by atoms with Crippen LogP contribution >= 0.6 is 0 Å². The van der Waals surface area contributed by atoms with Crippen LogP contribution < -0.4 is 10.9 Å². The molecule has 4 aromatic rings. The molecule has 0 aromatic heterocycles. The summed E-state index contributed by atoms with van der Waals surface area (Å²) in [6.45, 7) is 1.45. The van der Waals surface area contributed by atoms with E-state index in [1.165, 1.54) is 6.92 Å². The van der Waals surface area contributed by atoms with Gasteiger partial charge in [0, 0.05) is 5.56 Å². The highest BCUT2D eigenvalue weighted by atomic mass is 16.5. The highest BCUT2D eigenvalue weighted by Crippen LogP contribution is 2.29. The topological polar surface area (TPSA) is 84.5 Å². The van der Waals surface area contributed by atoms with Crippen LogP contribution in [0.15, 0.2) is 84.9 Å². The fraction of sp³-hybridized carbons (Fsp3) is 0.0800. The van der Waals surface area contributed by atoms with Crippen LogP contribution in [0.5, 0.6) is 0 Å². The van der Waals surface area contributed by atoms with E-state index < -0.39 is 23.9 Å². The summed E-state index contributed by atoms with van der Waals surface area (Å²) in [7, 11) is 0. The Kier molecular flexibility index (Phi) is 5.62.